The van der Waals surface area contributed by atoms with Gasteiger partial charge in [-0.1, -0.05) is 0 Å². The average molecular weight is 434 g/mol. The van der Waals surface area contributed by atoms with E-state index in [1.165, 1.54) is 28.8 Å². The maximum atomic E-state index is 13.0. The Balaban J connectivity index is 1.38. The first-order valence-corrected chi connectivity index (χ1v) is 11.0. The van der Waals surface area contributed by atoms with Crippen molar-refractivity contribution in [3.63, 3.8) is 0 Å². The molecule has 2 aromatic rings. The summed E-state index contributed by atoms with van der Waals surface area (Å²) >= 11 is 0. The highest BCUT2D eigenvalue weighted by atomic mass is 32.2. The van der Waals surface area contributed by atoms with Gasteiger partial charge in [-0.05, 0) is 37.3 Å². The Kier molecular flexibility index (Phi) is 5.39. The molecule has 30 heavy (non-hydrogen) atoms. The van der Waals surface area contributed by atoms with Crippen LogP contribution in [0.25, 0.3) is 0 Å². The van der Waals surface area contributed by atoms with Gasteiger partial charge in [0, 0.05) is 26.2 Å². The third kappa shape index (κ3) is 3.98. The fourth-order valence-corrected chi connectivity index (χ4v) is 4.77. The number of carbonyl (C=O) groups is 2. The van der Waals surface area contributed by atoms with Crippen LogP contribution in [0, 0.1) is 0 Å². The van der Waals surface area contributed by atoms with Crippen LogP contribution in [0.5, 0.6) is 5.75 Å². The summed E-state index contributed by atoms with van der Waals surface area (Å²) in [5.41, 5.74) is 0.329. The lowest BCUT2D eigenvalue weighted by Gasteiger charge is -2.34. The Labute approximate surface area is 173 Å². The lowest BCUT2D eigenvalue weighted by Crippen LogP contribution is -2.52. The molecule has 1 aromatic heterocycles. The summed E-state index contributed by atoms with van der Waals surface area (Å²) in [5, 5.41) is 5.41. The molecular formula is C19H22N4O6S. The average Bonchev–Trinajstić information content (AvgIpc) is 3.26. The molecule has 2 aliphatic heterocycles. The van der Waals surface area contributed by atoms with Crippen molar-refractivity contribution in [1.29, 1.82) is 0 Å². The summed E-state index contributed by atoms with van der Waals surface area (Å²) in [6.45, 7) is 2.77. The number of nitrogens with one attached hydrogen (secondary N) is 2. The number of fused-ring (bicyclic) bond motifs is 1. The second-order valence-corrected chi connectivity index (χ2v) is 8.97. The number of sulfonamides is 1. The zero-order valence-corrected chi connectivity index (χ0v) is 17.1. The van der Waals surface area contributed by atoms with Crippen LogP contribution in [0.4, 0.5) is 10.5 Å². The summed E-state index contributed by atoms with van der Waals surface area (Å²) in [7, 11) is -3.77. The largest absolute Gasteiger partial charge is 0.479 e. The van der Waals surface area contributed by atoms with Crippen LogP contribution in [0.1, 0.15) is 12.7 Å². The monoisotopic (exact) mass is 434 g/mol. The van der Waals surface area contributed by atoms with Crippen molar-refractivity contribution < 1.29 is 27.2 Å². The maximum absolute atomic E-state index is 13.0. The minimum Gasteiger partial charge on any atom is -0.479 e. The van der Waals surface area contributed by atoms with Gasteiger partial charge in [0.25, 0.3) is 5.91 Å². The summed E-state index contributed by atoms with van der Waals surface area (Å²) < 4.78 is 38.0. The number of rotatable bonds is 4. The number of amides is 3. The number of nitrogens with zero attached hydrogens (tertiary/aromatic N) is 2. The van der Waals surface area contributed by atoms with E-state index in [4.69, 9.17) is 9.15 Å². The van der Waals surface area contributed by atoms with Crippen LogP contribution in [0.2, 0.25) is 0 Å². The fourth-order valence-electron chi connectivity index (χ4n) is 3.32. The zero-order chi connectivity index (χ0) is 21.3. The second-order valence-electron chi connectivity index (χ2n) is 7.04. The van der Waals surface area contributed by atoms with Crippen LogP contribution in [-0.4, -0.2) is 61.8 Å². The molecule has 10 nitrogen and oxygen atoms in total. The fraction of sp³-hybridized carbons (Fsp3) is 0.368. The van der Waals surface area contributed by atoms with Crippen molar-refractivity contribution in [3.05, 3.63) is 42.4 Å². The Morgan fingerprint density at radius 2 is 2.00 bits per heavy atom. The van der Waals surface area contributed by atoms with Crippen molar-refractivity contribution in [2.45, 2.75) is 24.5 Å². The Bertz CT molecular complexity index is 1040. The molecular weight excluding hydrogens is 412 g/mol. The topological polar surface area (TPSA) is 121 Å². The predicted molar refractivity (Wildman–Crippen MR) is 106 cm³/mol. The van der Waals surface area contributed by atoms with E-state index in [1.54, 1.807) is 24.0 Å². The molecule has 2 aliphatic rings. The summed E-state index contributed by atoms with van der Waals surface area (Å²) in [4.78, 5) is 25.7. The van der Waals surface area contributed by atoms with E-state index in [9.17, 15) is 18.0 Å². The number of hydrogen-bond donors (Lipinski definition) is 2. The third-order valence-electron chi connectivity index (χ3n) is 5.04. The molecule has 3 amide bonds. The number of carbonyl (C=O) groups excluding carboxylic acids is 2. The van der Waals surface area contributed by atoms with E-state index < -0.39 is 16.1 Å². The summed E-state index contributed by atoms with van der Waals surface area (Å²) in [5.74, 6) is 0.743. The lowest BCUT2D eigenvalue weighted by molar-refractivity contribution is -0.122. The van der Waals surface area contributed by atoms with E-state index in [1.807, 2.05) is 0 Å². The Morgan fingerprint density at radius 3 is 2.70 bits per heavy atom. The first-order valence-electron chi connectivity index (χ1n) is 9.51. The van der Waals surface area contributed by atoms with Gasteiger partial charge in [0.1, 0.15) is 11.5 Å². The maximum Gasteiger partial charge on any atom is 0.317 e. The number of piperazine rings is 1. The number of ether oxygens (including phenoxy) is 1. The highest BCUT2D eigenvalue weighted by Gasteiger charge is 2.32. The minimum atomic E-state index is -3.77. The molecule has 0 spiro atoms. The molecule has 4 rings (SSSR count). The molecule has 11 heteroatoms. The molecule has 1 saturated heterocycles. The van der Waals surface area contributed by atoms with Gasteiger partial charge in [-0.25, -0.2) is 13.2 Å². The highest BCUT2D eigenvalue weighted by Crippen LogP contribution is 2.32. The first kappa shape index (κ1) is 20.2. The van der Waals surface area contributed by atoms with E-state index in [0.717, 1.165) is 0 Å². The van der Waals surface area contributed by atoms with E-state index in [-0.39, 0.29) is 49.6 Å². The van der Waals surface area contributed by atoms with Gasteiger partial charge < -0.3 is 24.7 Å². The van der Waals surface area contributed by atoms with Gasteiger partial charge in [0.15, 0.2) is 6.10 Å². The van der Waals surface area contributed by atoms with Crippen LogP contribution >= 0.6 is 0 Å². The Hall–Kier alpha value is -3.05. The van der Waals surface area contributed by atoms with Crippen LogP contribution in [0.15, 0.2) is 45.9 Å². The van der Waals surface area contributed by atoms with E-state index >= 15 is 0 Å². The smallest absolute Gasteiger partial charge is 0.317 e. The molecule has 1 atom stereocenters. The number of anilines is 1. The van der Waals surface area contributed by atoms with Crippen molar-refractivity contribution in [1.82, 2.24) is 14.5 Å². The zero-order valence-electron chi connectivity index (χ0n) is 16.3. The second kappa shape index (κ2) is 8.00. The molecule has 0 radical (unpaired) electrons. The number of urea groups is 1. The molecule has 160 valence electrons. The van der Waals surface area contributed by atoms with Crippen LogP contribution in [-0.2, 0) is 21.4 Å². The molecule has 0 saturated carbocycles. The van der Waals surface area contributed by atoms with Gasteiger partial charge in [-0.2, -0.15) is 4.31 Å². The van der Waals surface area contributed by atoms with Gasteiger partial charge in [0.2, 0.25) is 10.0 Å². The third-order valence-corrected chi connectivity index (χ3v) is 6.93. The lowest BCUT2D eigenvalue weighted by atomic mass is 10.2. The standard InChI is InChI=1S/C19H22N4O6S/c1-13-18(24)21-16-11-15(4-5-17(16)29-13)30(26,27)23-8-6-22(7-9-23)19(25)20-12-14-3-2-10-28-14/h2-5,10-11,13H,6-9,12H2,1H3,(H,20,25)(H,21,24)/t13-/m0/s1. The molecule has 0 bridgehead atoms. The van der Waals surface area contributed by atoms with Crippen LogP contribution < -0.4 is 15.4 Å². The van der Waals surface area contributed by atoms with Gasteiger partial charge in [0.05, 0.1) is 23.4 Å². The van der Waals surface area contributed by atoms with Crippen LogP contribution in [0.3, 0.4) is 0 Å². The predicted octanol–water partition coefficient (Wildman–Crippen LogP) is 1.22. The molecule has 1 aromatic carbocycles. The van der Waals surface area contributed by atoms with E-state index in [2.05, 4.69) is 10.6 Å². The molecule has 1 fully saturated rings. The number of furan rings is 1. The SMILES string of the molecule is C[C@@H]1Oc2ccc(S(=O)(=O)N3CCN(C(=O)NCc4ccco4)CC3)cc2NC1=O. The van der Waals surface area contributed by atoms with Gasteiger partial charge in [-0.3, -0.25) is 4.79 Å². The molecule has 2 N–H and O–H groups in total. The van der Waals surface area contributed by atoms with E-state index in [0.29, 0.717) is 17.2 Å². The summed E-state index contributed by atoms with van der Waals surface area (Å²) in [6, 6.07) is 7.63. The van der Waals surface area contributed by atoms with Crippen molar-refractivity contribution in [2.75, 3.05) is 31.5 Å². The van der Waals surface area contributed by atoms with Crippen molar-refractivity contribution in [2.24, 2.45) is 0 Å². The number of benzene rings is 1. The molecule has 3 heterocycles. The first-order chi connectivity index (χ1) is 14.3. The quantitative estimate of drug-likeness (QED) is 0.746. The summed E-state index contributed by atoms with van der Waals surface area (Å²) in [6.07, 6.45) is 0.899. The minimum absolute atomic E-state index is 0.0652. The highest BCUT2D eigenvalue weighted by molar-refractivity contribution is 7.89. The molecule has 0 unspecified atom stereocenters. The van der Waals surface area contributed by atoms with Gasteiger partial charge in [-0.15, -0.1) is 0 Å². The molecule has 0 aliphatic carbocycles. The normalized spacial score (nSPS) is 19.6. The number of hydrogen-bond acceptors (Lipinski definition) is 6. The van der Waals surface area contributed by atoms with Gasteiger partial charge >= 0.3 is 6.03 Å². The van der Waals surface area contributed by atoms with Crippen molar-refractivity contribution in [3.8, 4) is 5.75 Å². The van der Waals surface area contributed by atoms with Crippen molar-refractivity contribution >= 4 is 27.6 Å². The Morgan fingerprint density at radius 1 is 1.23 bits per heavy atom.